The normalized spacial score (nSPS) is 23.3. The molecule has 1 aliphatic heterocycles. The molecule has 142 valence electrons. The molecule has 4 rings (SSSR count). The zero-order chi connectivity index (χ0) is 19.1. The Kier molecular flexibility index (Phi) is 4.92. The summed E-state index contributed by atoms with van der Waals surface area (Å²) < 4.78 is 18.6. The van der Waals surface area contributed by atoms with Gasteiger partial charge in [0.15, 0.2) is 0 Å². The van der Waals surface area contributed by atoms with E-state index < -0.39 is 0 Å². The van der Waals surface area contributed by atoms with E-state index in [-0.39, 0.29) is 18.3 Å². The lowest BCUT2D eigenvalue weighted by Gasteiger charge is -2.32. The molecule has 2 aromatic rings. The van der Waals surface area contributed by atoms with Crippen LogP contribution in [0.2, 0.25) is 0 Å². The predicted molar refractivity (Wildman–Crippen MR) is 109 cm³/mol. The van der Waals surface area contributed by atoms with Gasteiger partial charge in [-0.1, -0.05) is 48.5 Å². The highest BCUT2D eigenvalue weighted by Crippen LogP contribution is 2.36. The molecule has 4 heteroatoms. The van der Waals surface area contributed by atoms with E-state index in [2.05, 4.69) is 70.2 Å². The lowest BCUT2D eigenvalue weighted by molar-refractivity contribution is 0.00578. The molecule has 0 N–H and O–H groups in total. The van der Waals surface area contributed by atoms with Crippen molar-refractivity contribution in [2.45, 2.75) is 70.9 Å². The molecule has 27 heavy (non-hydrogen) atoms. The summed E-state index contributed by atoms with van der Waals surface area (Å²) in [5.41, 5.74) is 4.55. The number of fused-ring (bicyclic) bond motifs is 1. The Morgan fingerprint density at radius 2 is 1.67 bits per heavy atom. The molecule has 0 spiro atoms. The summed E-state index contributed by atoms with van der Waals surface area (Å²) in [5, 5.41) is 0. The van der Waals surface area contributed by atoms with Gasteiger partial charge in [0, 0.05) is 0 Å². The lowest BCUT2D eigenvalue weighted by Crippen LogP contribution is -2.41. The average molecular weight is 364 g/mol. The van der Waals surface area contributed by atoms with Crippen molar-refractivity contribution in [2.24, 2.45) is 0 Å². The van der Waals surface area contributed by atoms with Crippen molar-refractivity contribution in [3.8, 4) is 0 Å². The quantitative estimate of drug-likeness (QED) is 0.766. The summed E-state index contributed by atoms with van der Waals surface area (Å²) in [7, 11) is -0.285. The standard InChI is InChI=1S/C23H29BO3/c1-22(2)23(3,4)27-24(26-22)20-12-10-19-15-21(13-11-18(19)14-20)25-16-17-8-6-5-7-9-17/h5-10,12,14,21H,11,13,15-16H2,1-4H3. The molecule has 1 aliphatic carbocycles. The minimum atomic E-state index is -0.302. The minimum Gasteiger partial charge on any atom is -0.399 e. The summed E-state index contributed by atoms with van der Waals surface area (Å²) in [4.78, 5) is 0. The maximum Gasteiger partial charge on any atom is 0.494 e. The summed E-state index contributed by atoms with van der Waals surface area (Å²) >= 11 is 0. The Bertz CT molecular complexity index is 785. The van der Waals surface area contributed by atoms with Crippen LogP contribution in [-0.4, -0.2) is 24.4 Å². The molecule has 1 heterocycles. The second kappa shape index (κ2) is 7.08. The van der Waals surface area contributed by atoms with Gasteiger partial charge < -0.3 is 14.0 Å². The highest BCUT2D eigenvalue weighted by atomic mass is 16.7. The van der Waals surface area contributed by atoms with Crippen LogP contribution < -0.4 is 5.46 Å². The van der Waals surface area contributed by atoms with E-state index in [4.69, 9.17) is 14.0 Å². The minimum absolute atomic E-state index is 0.285. The SMILES string of the molecule is CC1(C)OB(c2ccc3c(c2)CCC(OCc2ccccc2)C3)OC1(C)C. The second-order valence-corrected chi connectivity index (χ2v) is 8.78. The van der Waals surface area contributed by atoms with E-state index in [1.807, 2.05) is 6.07 Å². The van der Waals surface area contributed by atoms with Crippen molar-refractivity contribution in [2.75, 3.05) is 0 Å². The van der Waals surface area contributed by atoms with Gasteiger partial charge >= 0.3 is 7.12 Å². The Morgan fingerprint density at radius 1 is 0.963 bits per heavy atom. The van der Waals surface area contributed by atoms with Crippen LogP contribution >= 0.6 is 0 Å². The molecular formula is C23H29BO3. The van der Waals surface area contributed by atoms with Crippen LogP contribution in [0.4, 0.5) is 0 Å². The fourth-order valence-corrected chi connectivity index (χ4v) is 3.80. The van der Waals surface area contributed by atoms with Crippen molar-refractivity contribution in [1.82, 2.24) is 0 Å². The third kappa shape index (κ3) is 3.84. The maximum absolute atomic E-state index is 6.20. The van der Waals surface area contributed by atoms with Crippen LogP contribution in [0.1, 0.15) is 50.8 Å². The number of hydrogen-bond acceptors (Lipinski definition) is 3. The van der Waals surface area contributed by atoms with Crippen LogP contribution in [0.3, 0.4) is 0 Å². The van der Waals surface area contributed by atoms with Crippen LogP contribution in [0.15, 0.2) is 48.5 Å². The van der Waals surface area contributed by atoms with Gasteiger partial charge in [-0.3, -0.25) is 0 Å². The first-order chi connectivity index (χ1) is 12.8. The van der Waals surface area contributed by atoms with Crippen molar-refractivity contribution in [3.05, 3.63) is 65.2 Å². The van der Waals surface area contributed by atoms with Crippen LogP contribution in [0.25, 0.3) is 0 Å². The zero-order valence-electron chi connectivity index (χ0n) is 16.8. The summed E-state index contributed by atoms with van der Waals surface area (Å²) in [6.07, 6.45) is 3.38. The van der Waals surface area contributed by atoms with E-state index in [1.54, 1.807) is 0 Å². The highest BCUT2D eigenvalue weighted by molar-refractivity contribution is 6.62. The number of aryl methyl sites for hydroxylation is 1. The smallest absolute Gasteiger partial charge is 0.399 e. The average Bonchev–Trinajstić information content (AvgIpc) is 2.88. The van der Waals surface area contributed by atoms with Crippen molar-refractivity contribution in [3.63, 3.8) is 0 Å². The summed E-state index contributed by atoms with van der Waals surface area (Å²) in [5.74, 6) is 0. The third-order valence-electron chi connectivity index (χ3n) is 6.27. The van der Waals surface area contributed by atoms with Crippen LogP contribution in [0.5, 0.6) is 0 Å². The molecule has 0 saturated carbocycles. The van der Waals surface area contributed by atoms with E-state index in [1.165, 1.54) is 16.7 Å². The van der Waals surface area contributed by atoms with Gasteiger partial charge in [0.05, 0.1) is 23.9 Å². The van der Waals surface area contributed by atoms with Crippen LogP contribution in [-0.2, 0) is 33.5 Å². The van der Waals surface area contributed by atoms with Crippen LogP contribution in [0, 0.1) is 0 Å². The Morgan fingerprint density at radius 3 is 2.37 bits per heavy atom. The number of rotatable bonds is 4. The number of benzene rings is 2. The highest BCUT2D eigenvalue weighted by Gasteiger charge is 2.51. The molecule has 0 aromatic heterocycles. The predicted octanol–water partition coefficient (Wildman–Crippen LogP) is 4.06. The first kappa shape index (κ1) is 18.7. The fraction of sp³-hybridized carbons (Fsp3) is 0.478. The molecule has 1 fully saturated rings. The Balaban J connectivity index is 1.41. The van der Waals surface area contributed by atoms with Crippen molar-refractivity contribution in [1.29, 1.82) is 0 Å². The zero-order valence-corrected chi connectivity index (χ0v) is 16.8. The van der Waals surface area contributed by atoms with E-state index >= 15 is 0 Å². The summed E-state index contributed by atoms with van der Waals surface area (Å²) in [6, 6.07) is 17.1. The third-order valence-corrected chi connectivity index (χ3v) is 6.27. The molecule has 2 aromatic carbocycles. The van der Waals surface area contributed by atoms with Gasteiger partial charge in [0.2, 0.25) is 0 Å². The molecule has 1 atom stereocenters. The molecular weight excluding hydrogens is 335 g/mol. The monoisotopic (exact) mass is 364 g/mol. The van der Waals surface area contributed by atoms with E-state index in [0.717, 1.165) is 24.7 Å². The lowest BCUT2D eigenvalue weighted by atomic mass is 9.76. The molecule has 2 aliphatic rings. The topological polar surface area (TPSA) is 27.7 Å². The number of ether oxygens (including phenoxy) is 1. The molecule has 3 nitrogen and oxygen atoms in total. The summed E-state index contributed by atoms with van der Waals surface area (Å²) in [6.45, 7) is 9.08. The molecule has 1 unspecified atom stereocenters. The first-order valence-corrected chi connectivity index (χ1v) is 9.97. The van der Waals surface area contributed by atoms with Crippen molar-refractivity contribution >= 4 is 12.6 Å². The van der Waals surface area contributed by atoms with Gasteiger partial charge in [-0.25, -0.2) is 0 Å². The molecule has 0 amide bonds. The Labute approximate surface area is 163 Å². The Hall–Kier alpha value is -1.62. The van der Waals surface area contributed by atoms with Gasteiger partial charge in [0.1, 0.15) is 0 Å². The van der Waals surface area contributed by atoms with E-state index in [0.29, 0.717) is 12.7 Å². The maximum atomic E-state index is 6.20. The van der Waals surface area contributed by atoms with E-state index in [9.17, 15) is 0 Å². The number of hydrogen-bond donors (Lipinski definition) is 0. The second-order valence-electron chi connectivity index (χ2n) is 8.78. The van der Waals surface area contributed by atoms with Gasteiger partial charge in [-0.2, -0.15) is 0 Å². The molecule has 0 radical (unpaired) electrons. The van der Waals surface area contributed by atoms with Gasteiger partial charge in [-0.05, 0) is 69.1 Å². The largest absolute Gasteiger partial charge is 0.494 e. The molecule has 1 saturated heterocycles. The fourth-order valence-electron chi connectivity index (χ4n) is 3.80. The van der Waals surface area contributed by atoms with Gasteiger partial charge in [0.25, 0.3) is 0 Å². The molecule has 0 bridgehead atoms. The van der Waals surface area contributed by atoms with Gasteiger partial charge in [-0.15, -0.1) is 0 Å². The van der Waals surface area contributed by atoms with Crippen molar-refractivity contribution < 1.29 is 14.0 Å². The first-order valence-electron chi connectivity index (χ1n) is 9.97.